The number of aromatic hydroxyl groups is 4. The monoisotopic (exact) mass is 228 g/mol. The first kappa shape index (κ1) is 11.2. The molecule has 0 amide bonds. The summed E-state index contributed by atoms with van der Waals surface area (Å²) in [6.07, 6.45) is 0. The Morgan fingerprint density at radius 1 is 0.706 bits per heavy atom. The third-order valence-electron chi connectivity index (χ3n) is 2.49. The molecule has 0 bridgehead atoms. The van der Waals surface area contributed by atoms with E-state index in [1.165, 1.54) is 0 Å². The summed E-state index contributed by atoms with van der Waals surface area (Å²) in [6.45, 7) is 0. The lowest BCUT2D eigenvalue weighted by molar-refractivity contribution is 0.365. The molecule has 0 spiro atoms. The topological polar surface area (TPSA) is 80.9 Å². The van der Waals surface area contributed by atoms with E-state index in [2.05, 4.69) is 0 Å². The minimum absolute atomic E-state index is 0.0154. The maximum absolute atomic E-state index is 9.78. The van der Waals surface area contributed by atoms with Crippen LogP contribution in [-0.4, -0.2) is 28.3 Å². The second-order valence-corrected chi connectivity index (χ2v) is 3.55. The zero-order chi connectivity index (χ0) is 12.6. The van der Waals surface area contributed by atoms with Crippen molar-refractivity contribution < 1.29 is 20.4 Å². The Balaban J connectivity index is 2.80. The van der Waals surface area contributed by atoms with Crippen LogP contribution >= 0.6 is 0 Å². The van der Waals surface area contributed by atoms with Gasteiger partial charge in [0.05, 0.1) is 5.56 Å². The molecule has 0 aliphatic rings. The van der Waals surface area contributed by atoms with E-state index < -0.39 is 23.0 Å². The van der Waals surface area contributed by atoms with Crippen LogP contribution < -0.4 is 5.46 Å². The van der Waals surface area contributed by atoms with Crippen molar-refractivity contribution in [1.82, 2.24) is 0 Å². The Morgan fingerprint density at radius 2 is 1.29 bits per heavy atom. The maximum Gasteiger partial charge on any atom is 0.200 e. The van der Waals surface area contributed by atoms with E-state index in [1.807, 2.05) is 0 Å². The Morgan fingerprint density at radius 3 is 1.88 bits per heavy atom. The first-order valence-corrected chi connectivity index (χ1v) is 4.84. The molecule has 2 aromatic rings. The summed E-state index contributed by atoms with van der Waals surface area (Å²) >= 11 is 0. The van der Waals surface area contributed by atoms with E-state index in [0.717, 1.165) is 0 Å². The highest BCUT2D eigenvalue weighted by atomic mass is 16.3. The molecule has 0 aliphatic heterocycles. The predicted molar refractivity (Wildman–Crippen MR) is 63.9 cm³/mol. The molecule has 4 N–H and O–H groups in total. The van der Waals surface area contributed by atoms with Crippen LogP contribution in [0.1, 0.15) is 0 Å². The third-order valence-corrected chi connectivity index (χ3v) is 2.49. The van der Waals surface area contributed by atoms with Gasteiger partial charge in [0.2, 0.25) is 5.75 Å². The number of benzene rings is 2. The van der Waals surface area contributed by atoms with Gasteiger partial charge in [-0.15, -0.1) is 0 Å². The standard InChI is InChI=1S/C12H9BO4/c13-8-9(14)7(6-4-2-1-3-5-6)10(15)12(17)11(8)16/h1-5,14-17H. The van der Waals surface area contributed by atoms with E-state index >= 15 is 0 Å². The third kappa shape index (κ3) is 1.65. The lowest BCUT2D eigenvalue weighted by Crippen LogP contribution is -2.05. The average Bonchev–Trinajstić information content (AvgIpc) is 2.36. The molecule has 4 nitrogen and oxygen atoms in total. The van der Waals surface area contributed by atoms with Crippen molar-refractivity contribution in [2.24, 2.45) is 0 Å². The first-order chi connectivity index (χ1) is 8.04. The van der Waals surface area contributed by atoms with Crippen LogP contribution in [0.3, 0.4) is 0 Å². The second kappa shape index (κ2) is 3.94. The van der Waals surface area contributed by atoms with Gasteiger partial charge in [0.15, 0.2) is 11.5 Å². The minimum Gasteiger partial charge on any atom is -0.508 e. The molecule has 2 rings (SSSR count). The molecule has 0 aromatic heterocycles. The zero-order valence-electron chi connectivity index (χ0n) is 8.75. The number of rotatable bonds is 1. The largest absolute Gasteiger partial charge is 0.508 e. The van der Waals surface area contributed by atoms with Gasteiger partial charge in [0.1, 0.15) is 13.6 Å². The smallest absolute Gasteiger partial charge is 0.200 e. The fourth-order valence-electron chi connectivity index (χ4n) is 1.60. The van der Waals surface area contributed by atoms with Gasteiger partial charge in [0, 0.05) is 0 Å². The molecule has 0 atom stereocenters. The molecule has 0 heterocycles. The number of hydrogen-bond donors (Lipinski definition) is 4. The minimum atomic E-state index is -0.751. The van der Waals surface area contributed by atoms with E-state index in [0.29, 0.717) is 5.56 Å². The highest BCUT2D eigenvalue weighted by Crippen LogP contribution is 2.45. The summed E-state index contributed by atoms with van der Waals surface area (Å²) in [4.78, 5) is 0. The fraction of sp³-hybridized carbons (Fsp3) is 0. The van der Waals surface area contributed by atoms with Gasteiger partial charge >= 0.3 is 0 Å². The van der Waals surface area contributed by atoms with Crippen LogP contribution in [0.2, 0.25) is 0 Å². The van der Waals surface area contributed by atoms with Crippen LogP contribution in [0.25, 0.3) is 11.1 Å². The molecule has 0 fully saturated rings. The number of phenolic OH excluding ortho intramolecular Hbond substituents is 4. The SMILES string of the molecule is [B]c1c(O)c(O)c(O)c(-c2ccccc2)c1O. The van der Waals surface area contributed by atoms with Gasteiger partial charge < -0.3 is 20.4 Å². The second-order valence-electron chi connectivity index (χ2n) is 3.55. The number of phenols is 4. The molecule has 0 aliphatic carbocycles. The van der Waals surface area contributed by atoms with Crippen LogP contribution in [0.4, 0.5) is 0 Å². The lowest BCUT2D eigenvalue weighted by Gasteiger charge is -2.13. The molecule has 2 aromatic carbocycles. The lowest BCUT2D eigenvalue weighted by atomic mass is 9.88. The van der Waals surface area contributed by atoms with Crippen molar-refractivity contribution in [2.75, 3.05) is 0 Å². The van der Waals surface area contributed by atoms with E-state index in [4.69, 9.17) is 7.85 Å². The van der Waals surface area contributed by atoms with Gasteiger partial charge in [0.25, 0.3) is 0 Å². The van der Waals surface area contributed by atoms with Gasteiger partial charge in [-0.3, -0.25) is 0 Å². The highest BCUT2D eigenvalue weighted by molar-refractivity contribution is 6.37. The Hall–Kier alpha value is -2.30. The molecular formula is C12H9BO4. The molecular weight excluding hydrogens is 219 g/mol. The molecule has 17 heavy (non-hydrogen) atoms. The zero-order valence-corrected chi connectivity index (χ0v) is 8.75. The summed E-state index contributed by atoms with van der Waals surface area (Å²) < 4.78 is 0. The summed E-state index contributed by atoms with van der Waals surface area (Å²) in [5.74, 6) is -2.57. The van der Waals surface area contributed by atoms with Crippen molar-refractivity contribution in [3.05, 3.63) is 30.3 Å². The fourth-order valence-corrected chi connectivity index (χ4v) is 1.60. The molecule has 0 saturated heterocycles. The summed E-state index contributed by atoms with van der Waals surface area (Å²) in [7, 11) is 5.42. The van der Waals surface area contributed by atoms with Crippen molar-refractivity contribution in [3.63, 3.8) is 0 Å². The van der Waals surface area contributed by atoms with Crippen molar-refractivity contribution >= 4 is 13.3 Å². The highest BCUT2D eigenvalue weighted by Gasteiger charge is 2.21. The first-order valence-electron chi connectivity index (χ1n) is 4.84. The van der Waals surface area contributed by atoms with Crippen molar-refractivity contribution in [2.45, 2.75) is 0 Å². The van der Waals surface area contributed by atoms with Crippen molar-refractivity contribution in [1.29, 1.82) is 0 Å². The summed E-state index contributed by atoms with van der Waals surface area (Å²) in [5.41, 5.74) is 0.0852. The molecule has 2 radical (unpaired) electrons. The van der Waals surface area contributed by atoms with Gasteiger partial charge in [-0.25, -0.2) is 0 Å². The van der Waals surface area contributed by atoms with Crippen molar-refractivity contribution in [3.8, 4) is 34.1 Å². The van der Waals surface area contributed by atoms with E-state index in [-0.39, 0.29) is 11.0 Å². The van der Waals surface area contributed by atoms with E-state index in [9.17, 15) is 20.4 Å². The van der Waals surface area contributed by atoms with Gasteiger partial charge in [-0.2, -0.15) is 0 Å². The van der Waals surface area contributed by atoms with Gasteiger partial charge in [-0.1, -0.05) is 30.3 Å². The molecule has 5 heteroatoms. The Labute approximate surface area is 98.8 Å². The van der Waals surface area contributed by atoms with E-state index in [1.54, 1.807) is 30.3 Å². The van der Waals surface area contributed by atoms with Crippen LogP contribution in [0, 0.1) is 0 Å². The number of hydrogen-bond acceptors (Lipinski definition) is 4. The maximum atomic E-state index is 9.78. The van der Waals surface area contributed by atoms with Crippen LogP contribution in [0.5, 0.6) is 23.0 Å². The molecule has 0 saturated carbocycles. The predicted octanol–water partition coefficient (Wildman–Crippen LogP) is 0.970. The Kier molecular flexibility index (Phi) is 2.59. The average molecular weight is 228 g/mol. The normalized spacial score (nSPS) is 10.4. The van der Waals surface area contributed by atoms with Gasteiger partial charge in [-0.05, 0) is 11.0 Å². The Bertz CT molecular complexity index is 537. The summed E-state index contributed by atoms with van der Waals surface area (Å²) in [5, 5.41) is 38.3. The molecule has 84 valence electrons. The summed E-state index contributed by atoms with van der Waals surface area (Å²) in [6, 6.07) is 8.43. The molecule has 0 unspecified atom stereocenters. The van der Waals surface area contributed by atoms with Crippen LogP contribution in [-0.2, 0) is 0 Å². The quantitative estimate of drug-likeness (QED) is 0.333. The van der Waals surface area contributed by atoms with Crippen LogP contribution in [0.15, 0.2) is 30.3 Å².